The molecule has 0 bridgehead atoms. The van der Waals surface area contributed by atoms with E-state index in [1.54, 1.807) is 0 Å². The first-order valence-corrected chi connectivity index (χ1v) is 5.40. The second-order valence-electron chi connectivity index (χ2n) is 5.47. The fraction of sp³-hybridized carbons (Fsp3) is 0.538. The summed E-state index contributed by atoms with van der Waals surface area (Å²) < 4.78 is 0. The van der Waals surface area contributed by atoms with Crippen LogP contribution in [0.15, 0.2) is 24.3 Å². The van der Waals surface area contributed by atoms with Gasteiger partial charge in [0, 0.05) is 18.8 Å². The summed E-state index contributed by atoms with van der Waals surface area (Å²) in [6.07, 6.45) is 0. The van der Waals surface area contributed by atoms with E-state index >= 15 is 0 Å². The molecule has 2 heteroatoms. The predicted molar refractivity (Wildman–Crippen MR) is 66.6 cm³/mol. The maximum Gasteiger partial charge on any atom is 0.0314 e. The second kappa shape index (κ2) is 4.67. The van der Waals surface area contributed by atoms with E-state index in [2.05, 4.69) is 44.9 Å². The summed E-state index contributed by atoms with van der Waals surface area (Å²) in [6, 6.07) is 8.10. The smallest absolute Gasteiger partial charge is 0.0314 e. The number of rotatable bonds is 3. The summed E-state index contributed by atoms with van der Waals surface area (Å²) in [4.78, 5) is 2.34. The van der Waals surface area contributed by atoms with Gasteiger partial charge < -0.3 is 10.6 Å². The Bertz CT molecular complexity index is 295. The van der Waals surface area contributed by atoms with Gasteiger partial charge in [-0.2, -0.15) is 0 Å². The standard InChI is InChI=1S/C13H22N2/c1-13(2,3)10-15(4)9-11-5-7-12(14)8-6-11/h5-8H,9-10,14H2,1-4H3. The van der Waals surface area contributed by atoms with Crippen LogP contribution in [0.25, 0.3) is 0 Å². The number of nitrogen functional groups attached to an aromatic ring is 1. The average Bonchev–Trinajstić information content (AvgIpc) is 2.05. The number of nitrogens with two attached hydrogens (primary N) is 1. The van der Waals surface area contributed by atoms with Gasteiger partial charge >= 0.3 is 0 Å². The van der Waals surface area contributed by atoms with Crippen molar-refractivity contribution in [3.63, 3.8) is 0 Å². The molecule has 2 N–H and O–H groups in total. The normalized spacial score (nSPS) is 12.1. The van der Waals surface area contributed by atoms with Crippen molar-refractivity contribution in [2.75, 3.05) is 19.3 Å². The molecule has 1 rings (SSSR count). The molecule has 0 fully saturated rings. The van der Waals surface area contributed by atoms with Crippen molar-refractivity contribution in [3.05, 3.63) is 29.8 Å². The van der Waals surface area contributed by atoms with Crippen molar-refractivity contribution in [2.24, 2.45) is 5.41 Å². The molecule has 1 aromatic carbocycles. The number of nitrogens with zero attached hydrogens (tertiary/aromatic N) is 1. The fourth-order valence-electron chi connectivity index (χ4n) is 1.80. The maximum absolute atomic E-state index is 5.65. The lowest BCUT2D eigenvalue weighted by Gasteiger charge is -2.26. The minimum Gasteiger partial charge on any atom is -0.399 e. The molecule has 0 saturated carbocycles. The van der Waals surface area contributed by atoms with Crippen molar-refractivity contribution in [1.82, 2.24) is 4.90 Å². The highest BCUT2D eigenvalue weighted by molar-refractivity contribution is 5.39. The van der Waals surface area contributed by atoms with Gasteiger partial charge in [-0.05, 0) is 30.2 Å². The van der Waals surface area contributed by atoms with Crippen LogP contribution in [0.4, 0.5) is 5.69 Å². The van der Waals surface area contributed by atoms with Gasteiger partial charge in [0.1, 0.15) is 0 Å². The van der Waals surface area contributed by atoms with Gasteiger partial charge in [0.25, 0.3) is 0 Å². The number of hydrogen-bond acceptors (Lipinski definition) is 2. The first kappa shape index (κ1) is 12.1. The van der Waals surface area contributed by atoms with Gasteiger partial charge in [-0.25, -0.2) is 0 Å². The molecule has 0 amide bonds. The number of hydrogen-bond donors (Lipinski definition) is 1. The zero-order valence-electron chi connectivity index (χ0n) is 10.2. The molecule has 0 heterocycles. The Morgan fingerprint density at radius 1 is 1.13 bits per heavy atom. The van der Waals surface area contributed by atoms with Gasteiger partial charge in [0.15, 0.2) is 0 Å². The van der Waals surface area contributed by atoms with Crippen LogP contribution >= 0.6 is 0 Å². The molecule has 0 aromatic heterocycles. The molecule has 0 aliphatic carbocycles. The zero-order valence-corrected chi connectivity index (χ0v) is 10.2. The van der Waals surface area contributed by atoms with Crippen molar-refractivity contribution in [1.29, 1.82) is 0 Å². The lowest BCUT2D eigenvalue weighted by molar-refractivity contribution is 0.221. The first-order valence-electron chi connectivity index (χ1n) is 5.40. The van der Waals surface area contributed by atoms with E-state index in [1.165, 1.54) is 5.56 Å². The molecular formula is C13H22N2. The fourth-order valence-corrected chi connectivity index (χ4v) is 1.80. The number of anilines is 1. The van der Waals surface area contributed by atoms with Crippen LogP contribution < -0.4 is 5.73 Å². The Morgan fingerprint density at radius 2 is 1.67 bits per heavy atom. The third-order valence-electron chi connectivity index (χ3n) is 2.18. The van der Waals surface area contributed by atoms with Crippen molar-refractivity contribution >= 4 is 5.69 Å². The summed E-state index contributed by atoms with van der Waals surface area (Å²) in [7, 11) is 2.15. The van der Waals surface area contributed by atoms with E-state index in [9.17, 15) is 0 Å². The number of benzene rings is 1. The van der Waals surface area contributed by atoms with E-state index in [1.807, 2.05) is 12.1 Å². The quantitative estimate of drug-likeness (QED) is 0.770. The highest BCUT2D eigenvalue weighted by Gasteiger charge is 2.13. The van der Waals surface area contributed by atoms with Gasteiger partial charge in [-0.15, -0.1) is 0 Å². The topological polar surface area (TPSA) is 29.3 Å². The third kappa shape index (κ3) is 4.84. The van der Waals surface area contributed by atoms with Crippen LogP contribution in [0.1, 0.15) is 26.3 Å². The van der Waals surface area contributed by atoms with Gasteiger partial charge in [-0.1, -0.05) is 32.9 Å². The van der Waals surface area contributed by atoms with E-state index in [0.717, 1.165) is 18.8 Å². The minimum atomic E-state index is 0.350. The molecule has 0 radical (unpaired) electrons. The van der Waals surface area contributed by atoms with Crippen LogP contribution in [0, 0.1) is 5.41 Å². The second-order valence-corrected chi connectivity index (χ2v) is 5.47. The van der Waals surface area contributed by atoms with Gasteiger partial charge in [0.2, 0.25) is 0 Å². The predicted octanol–water partition coefficient (Wildman–Crippen LogP) is 2.75. The molecule has 0 atom stereocenters. The molecule has 0 unspecified atom stereocenters. The third-order valence-corrected chi connectivity index (χ3v) is 2.18. The molecule has 0 saturated heterocycles. The Hall–Kier alpha value is -1.02. The highest BCUT2D eigenvalue weighted by Crippen LogP contribution is 2.16. The Morgan fingerprint density at radius 3 is 2.13 bits per heavy atom. The van der Waals surface area contributed by atoms with Crippen LogP contribution in [0.3, 0.4) is 0 Å². The molecule has 0 aliphatic rings. The van der Waals surface area contributed by atoms with E-state index in [0.29, 0.717) is 5.41 Å². The Kier molecular flexibility index (Phi) is 3.75. The molecule has 2 nitrogen and oxygen atoms in total. The van der Waals surface area contributed by atoms with Crippen LogP contribution in [0.2, 0.25) is 0 Å². The average molecular weight is 206 g/mol. The monoisotopic (exact) mass is 206 g/mol. The summed E-state index contributed by atoms with van der Waals surface area (Å²) >= 11 is 0. The van der Waals surface area contributed by atoms with E-state index in [4.69, 9.17) is 5.73 Å². The molecule has 0 aliphatic heterocycles. The molecule has 0 spiro atoms. The first-order chi connectivity index (χ1) is 6.87. The molecule has 84 valence electrons. The highest BCUT2D eigenvalue weighted by atomic mass is 15.1. The van der Waals surface area contributed by atoms with E-state index in [-0.39, 0.29) is 0 Å². The summed E-state index contributed by atoms with van der Waals surface area (Å²) in [6.45, 7) is 8.85. The largest absolute Gasteiger partial charge is 0.399 e. The van der Waals surface area contributed by atoms with E-state index < -0.39 is 0 Å². The molecular weight excluding hydrogens is 184 g/mol. The van der Waals surface area contributed by atoms with Crippen LogP contribution in [-0.4, -0.2) is 18.5 Å². The van der Waals surface area contributed by atoms with Crippen LogP contribution in [-0.2, 0) is 6.54 Å². The molecule has 15 heavy (non-hydrogen) atoms. The summed E-state index contributed by atoms with van der Waals surface area (Å²) in [5.41, 5.74) is 8.14. The Labute approximate surface area is 93.1 Å². The minimum absolute atomic E-state index is 0.350. The summed E-state index contributed by atoms with van der Waals surface area (Å²) in [5, 5.41) is 0. The maximum atomic E-state index is 5.65. The van der Waals surface area contributed by atoms with Gasteiger partial charge in [-0.3, -0.25) is 0 Å². The molecule has 1 aromatic rings. The Balaban J connectivity index is 2.51. The van der Waals surface area contributed by atoms with Crippen molar-refractivity contribution < 1.29 is 0 Å². The van der Waals surface area contributed by atoms with Crippen molar-refractivity contribution in [3.8, 4) is 0 Å². The lowest BCUT2D eigenvalue weighted by atomic mass is 9.96. The zero-order chi connectivity index (χ0) is 11.5. The lowest BCUT2D eigenvalue weighted by Crippen LogP contribution is -2.28. The van der Waals surface area contributed by atoms with Crippen LogP contribution in [0.5, 0.6) is 0 Å². The SMILES string of the molecule is CN(Cc1ccc(N)cc1)CC(C)(C)C. The summed E-state index contributed by atoms with van der Waals surface area (Å²) in [5.74, 6) is 0. The van der Waals surface area contributed by atoms with Gasteiger partial charge in [0.05, 0.1) is 0 Å². The van der Waals surface area contributed by atoms with Crippen molar-refractivity contribution in [2.45, 2.75) is 27.3 Å².